The Bertz CT molecular complexity index is 1270. The predicted octanol–water partition coefficient (Wildman–Crippen LogP) is 14.4. The minimum absolute atomic E-state index is 0.142. The summed E-state index contributed by atoms with van der Waals surface area (Å²) in [6.45, 7) is 3.79. The topological polar surface area (TPSA) is 0 Å². The van der Waals surface area contributed by atoms with Crippen molar-refractivity contribution in [2.24, 2.45) is 5.92 Å². The zero-order valence-electron chi connectivity index (χ0n) is 27.6. The Morgan fingerprint density at radius 3 is 0.679 bits per heavy atom. The molecule has 0 amide bonds. The second-order valence-corrected chi connectivity index (χ2v) is 12.9. The van der Waals surface area contributed by atoms with Crippen molar-refractivity contribution in [1.82, 2.24) is 0 Å². The lowest BCUT2D eigenvalue weighted by Gasteiger charge is -2.46. The highest BCUT2D eigenvalue weighted by molar-refractivity contribution is 5.21. The molecule has 0 heterocycles. The van der Waals surface area contributed by atoms with Crippen LogP contribution in [0.2, 0.25) is 0 Å². The van der Waals surface area contributed by atoms with Gasteiger partial charge in [-0.1, -0.05) is 65.2 Å². The molecule has 0 unspecified atom stereocenters. The highest BCUT2D eigenvalue weighted by Crippen LogP contribution is 2.69. The third-order valence-electron chi connectivity index (χ3n) is 8.18. The SMILES string of the molecule is CC(C)CCCCCCCCCCC(F)(F)C(F)(F)C(F)(F)C(F)(F)C(F)(F)C(F)(F)C(F)(F)C(F)(F)C(F)(F)C(F)(F)C(F)(F)C(F)(F)C(F)(F)C(F)(F)F. The van der Waals surface area contributed by atoms with Gasteiger partial charge in [0.15, 0.2) is 0 Å². The summed E-state index contributed by atoms with van der Waals surface area (Å²) >= 11 is 0. The highest BCUT2D eigenvalue weighted by atomic mass is 19.4. The number of hydrogen-bond donors (Lipinski definition) is 0. The molecular weight excluding hydrogens is 875 g/mol. The van der Waals surface area contributed by atoms with Gasteiger partial charge in [-0.3, -0.25) is 0 Å². The van der Waals surface area contributed by atoms with Gasteiger partial charge in [0.1, 0.15) is 0 Å². The second-order valence-electron chi connectivity index (χ2n) is 12.9. The van der Waals surface area contributed by atoms with E-state index < -0.39 is 102 Å². The fourth-order valence-electron chi connectivity index (χ4n) is 4.50. The summed E-state index contributed by atoms with van der Waals surface area (Å²) < 4.78 is 395. The maximum atomic E-state index is 14.1. The minimum Gasteiger partial charge on any atom is -0.200 e. The van der Waals surface area contributed by atoms with Crippen LogP contribution in [0.15, 0.2) is 0 Å². The van der Waals surface area contributed by atoms with Gasteiger partial charge in [-0.25, -0.2) is 0 Å². The minimum atomic E-state index is -9.91. The maximum absolute atomic E-state index is 14.1. The summed E-state index contributed by atoms with van der Waals surface area (Å²) in [6.07, 6.45) is -9.95. The molecule has 0 saturated carbocycles. The van der Waals surface area contributed by atoms with Crippen LogP contribution in [-0.4, -0.2) is 83.2 Å². The van der Waals surface area contributed by atoms with Gasteiger partial charge in [0.25, 0.3) is 0 Å². The fourth-order valence-corrected chi connectivity index (χ4v) is 4.50. The third kappa shape index (κ3) is 8.12. The van der Waals surface area contributed by atoms with Gasteiger partial charge in [-0.15, -0.1) is 0 Å². The molecule has 0 aromatic carbocycles. The van der Waals surface area contributed by atoms with E-state index in [2.05, 4.69) is 0 Å². The van der Waals surface area contributed by atoms with E-state index in [9.17, 15) is 127 Å². The van der Waals surface area contributed by atoms with Crippen LogP contribution in [-0.2, 0) is 0 Å². The summed E-state index contributed by atoms with van der Waals surface area (Å²) in [5, 5.41) is 0. The van der Waals surface area contributed by atoms with E-state index in [1.807, 2.05) is 13.8 Å². The van der Waals surface area contributed by atoms with Crippen molar-refractivity contribution >= 4 is 0 Å². The predicted molar refractivity (Wildman–Crippen MR) is 131 cm³/mol. The summed E-state index contributed by atoms with van der Waals surface area (Å²) in [7, 11) is 0. The molecule has 0 aromatic heterocycles. The fraction of sp³-hybridized carbons (Fsp3) is 1.00. The van der Waals surface area contributed by atoms with E-state index in [0.717, 1.165) is 12.8 Å². The van der Waals surface area contributed by atoms with Gasteiger partial charge in [0.05, 0.1) is 0 Å². The van der Waals surface area contributed by atoms with Crippen molar-refractivity contribution in [3.8, 4) is 0 Å². The Morgan fingerprint density at radius 2 is 0.446 bits per heavy atom. The molecular formula is C27H27F29. The molecule has 0 aliphatic carbocycles. The normalized spacial score (nSPS) is 16.3. The summed E-state index contributed by atoms with van der Waals surface area (Å²) in [5.41, 5.74) is 0. The lowest BCUT2D eigenvalue weighted by Crippen LogP contribution is -2.79. The first kappa shape index (κ1) is 54.0. The van der Waals surface area contributed by atoms with Crippen LogP contribution in [0.3, 0.4) is 0 Å². The van der Waals surface area contributed by atoms with Crippen LogP contribution in [0.25, 0.3) is 0 Å². The van der Waals surface area contributed by atoms with Gasteiger partial charge in [0, 0.05) is 6.42 Å². The molecule has 0 aromatic rings. The van der Waals surface area contributed by atoms with E-state index in [-0.39, 0.29) is 12.8 Å². The Hall–Kier alpha value is -2.03. The lowest BCUT2D eigenvalue weighted by atomic mass is 9.83. The molecule has 0 nitrogen and oxygen atoms in total. The molecule has 0 aliphatic heterocycles. The third-order valence-corrected chi connectivity index (χ3v) is 8.18. The molecule has 29 heteroatoms. The van der Waals surface area contributed by atoms with Crippen molar-refractivity contribution in [3.05, 3.63) is 0 Å². The van der Waals surface area contributed by atoms with E-state index in [0.29, 0.717) is 25.2 Å². The summed E-state index contributed by atoms with van der Waals surface area (Å²) in [5.74, 6) is -119. The van der Waals surface area contributed by atoms with Crippen LogP contribution in [0.5, 0.6) is 0 Å². The van der Waals surface area contributed by atoms with Crippen molar-refractivity contribution < 1.29 is 127 Å². The zero-order chi connectivity index (χ0) is 45.6. The first-order chi connectivity index (χ1) is 24.2. The number of halogens is 29. The molecule has 0 spiro atoms. The van der Waals surface area contributed by atoms with E-state index >= 15 is 0 Å². The smallest absolute Gasteiger partial charge is 0.200 e. The number of rotatable bonds is 23. The van der Waals surface area contributed by atoms with Gasteiger partial charge in [0.2, 0.25) is 0 Å². The molecule has 338 valence electrons. The molecule has 0 saturated heterocycles. The van der Waals surface area contributed by atoms with Crippen molar-refractivity contribution in [1.29, 1.82) is 0 Å². The first-order valence-corrected chi connectivity index (χ1v) is 15.1. The van der Waals surface area contributed by atoms with Crippen LogP contribution < -0.4 is 0 Å². The van der Waals surface area contributed by atoms with Crippen molar-refractivity contribution in [3.63, 3.8) is 0 Å². The van der Waals surface area contributed by atoms with Gasteiger partial charge in [-0.05, 0) is 12.3 Å². The molecule has 0 atom stereocenters. The van der Waals surface area contributed by atoms with Crippen LogP contribution in [0.1, 0.15) is 78.1 Å². The first-order valence-electron chi connectivity index (χ1n) is 15.1. The Labute approximate surface area is 295 Å². The van der Waals surface area contributed by atoms with E-state index in [1.54, 1.807) is 0 Å². The van der Waals surface area contributed by atoms with Gasteiger partial charge < -0.3 is 0 Å². The largest absolute Gasteiger partial charge is 0.460 e. The molecule has 0 fully saturated rings. The molecule has 0 bridgehead atoms. The highest BCUT2D eigenvalue weighted by Gasteiger charge is 3.00. The molecule has 0 aliphatic rings. The van der Waals surface area contributed by atoms with Crippen molar-refractivity contribution in [2.75, 3.05) is 0 Å². The van der Waals surface area contributed by atoms with E-state index in [1.165, 1.54) is 0 Å². The standard InChI is InChI=1S/C27H27F29/c1-13(2)11-9-7-5-3-4-6-8-10-12-14(28,29)15(30,31)16(32,33)17(34,35)18(36,37)19(38,39)20(40,41)21(42,43)22(44,45)23(46,47)24(48,49)25(50,51)26(52,53)27(54,55)56/h13H,3-12H2,1-2H3. The van der Waals surface area contributed by atoms with Gasteiger partial charge in [-0.2, -0.15) is 127 Å². The molecule has 0 rings (SSSR count). The Balaban J connectivity index is 6.74. The second kappa shape index (κ2) is 15.9. The summed E-state index contributed by atoms with van der Waals surface area (Å²) in [4.78, 5) is 0. The lowest BCUT2D eigenvalue weighted by molar-refractivity contribution is -0.487. The van der Waals surface area contributed by atoms with E-state index in [4.69, 9.17) is 0 Å². The van der Waals surface area contributed by atoms with Crippen LogP contribution in [0, 0.1) is 5.92 Å². The average molecular weight is 902 g/mol. The monoisotopic (exact) mass is 902 g/mol. The molecule has 0 N–H and O–H groups in total. The summed E-state index contributed by atoms with van der Waals surface area (Å²) in [6, 6.07) is 0. The molecule has 56 heavy (non-hydrogen) atoms. The number of unbranched alkanes of at least 4 members (excludes halogenated alkanes) is 7. The van der Waals surface area contributed by atoms with Gasteiger partial charge >= 0.3 is 83.2 Å². The number of hydrogen-bond acceptors (Lipinski definition) is 0. The quantitative estimate of drug-likeness (QED) is 0.0708. The maximum Gasteiger partial charge on any atom is 0.460 e. The van der Waals surface area contributed by atoms with Crippen LogP contribution in [0.4, 0.5) is 127 Å². The Kier molecular flexibility index (Phi) is 15.3. The molecule has 0 radical (unpaired) electrons. The number of alkyl halides is 29. The van der Waals surface area contributed by atoms with Crippen molar-refractivity contribution in [2.45, 2.75) is 161 Å². The average Bonchev–Trinajstić information content (AvgIpc) is 2.99. The van der Waals surface area contributed by atoms with Crippen LogP contribution >= 0.6 is 0 Å². The zero-order valence-corrected chi connectivity index (χ0v) is 27.6. The Morgan fingerprint density at radius 1 is 0.250 bits per heavy atom.